The van der Waals surface area contributed by atoms with Gasteiger partial charge in [-0.15, -0.1) is 0 Å². The van der Waals surface area contributed by atoms with Gasteiger partial charge in [-0.05, 0) is 96.7 Å². The minimum Gasteiger partial charge on any atom is -0.497 e. The topological polar surface area (TPSA) is 134 Å². The van der Waals surface area contributed by atoms with Crippen LogP contribution in [-0.4, -0.2) is 72.3 Å². The molecule has 0 aliphatic rings. The monoisotopic (exact) mass is 645 g/mol. The van der Waals surface area contributed by atoms with Crippen molar-refractivity contribution in [3.63, 3.8) is 0 Å². The summed E-state index contributed by atoms with van der Waals surface area (Å²) in [5.74, 6) is -0.523. The molecule has 0 radical (unpaired) electrons. The third-order valence-electron chi connectivity index (χ3n) is 6.05. The first-order chi connectivity index (χ1) is 21.0. The molecule has 0 heterocycles. The van der Waals surface area contributed by atoms with Crippen molar-refractivity contribution in [2.24, 2.45) is 5.16 Å². The van der Waals surface area contributed by atoms with Gasteiger partial charge in [-0.1, -0.05) is 41.6 Å². The number of thiocarbonyl (C=S) groups is 1. The zero-order valence-electron chi connectivity index (χ0n) is 27.8. The van der Waals surface area contributed by atoms with Crippen molar-refractivity contribution in [3.8, 4) is 5.75 Å². The molecule has 248 valence electrons. The Kier molecular flexibility index (Phi) is 14.0. The Bertz CT molecular complexity index is 1360. The molecule has 2 rings (SSSR count). The van der Waals surface area contributed by atoms with Crippen LogP contribution in [0.1, 0.15) is 73.8 Å². The van der Waals surface area contributed by atoms with E-state index in [1.165, 1.54) is 5.56 Å². The zero-order valence-corrected chi connectivity index (χ0v) is 28.6. The number of fused-ring (bicyclic) bond motifs is 1. The lowest BCUT2D eigenvalue weighted by Crippen LogP contribution is -2.52. The lowest BCUT2D eigenvalue weighted by Gasteiger charge is -2.27. The molecule has 45 heavy (non-hydrogen) atoms. The van der Waals surface area contributed by atoms with E-state index in [0.29, 0.717) is 6.42 Å². The van der Waals surface area contributed by atoms with E-state index in [9.17, 15) is 14.4 Å². The third-order valence-corrected chi connectivity index (χ3v) is 6.52. The number of hydrogen-bond donors (Lipinski definition) is 2. The fourth-order valence-electron chi connectivity index (χ4n) is 3.91. The maximum atomic E-state index is 12.9. The number of methoxy groups -OCH3 is 1. The summed E-state index contributed by atoms with van der Waals surface area (Å²) in [6.45, 7) is 13.8. The molecule has 0 bridgehead atoms. The van der Waals surface area contributed by atoms with Gasteiger partial charge in [-0.25, -0.2) is 9.59 Å². The van der Waals surface area contributed by atoms with Crippen molar-refractivity contribution < 1.29 is 38.2 Å². The Balaban J connectivity index is 1.83. The number of hydrogen-bond acceptors (Lipinski definition) is 10. The predicted octanol–water partition coefficient (Wildman–Crippen LogP) is 5.65. The standard InChI is InChI=1S/C33H47N3O8S/c1-21(10-11-23-12-13-25-19-26(40-9)15-14-24(25)18-23)36-42-17-16-41-28(37)20-27(30(38)43-32(3,4)5)35-29(45)22(2)34-31(39)44-33(6,7)8/h12-15,18-19,22,27H,10-11,16-17,20H2,1-9H3,(H,34,39)(H,35,45)/b36-21+/t22-,27-/m0/s1. The molecule has 11 nitrogen and oxygen atoms in total. The van der Waals surface area contributed by atoms with Crippen molar-refractivity contribution in [1.29, 1.82) is 0 Å². The van der Waals surface area contributed by atoms with Crippen LogP contribution in [0.5, 0.6) is 5.75 Å². The summed E-state index contributed by atoms with van der Waals surface area (Å²) in [6, 6.07) is 10.5. The van der Waals surface area contributed by atoms with Crippen LogP contribution in [0.2, 0.25) is 0 Å². The van der Waals surface area contributed by atoms with Gasteiger partial charge >= 0.3 is 18.0 Å². The first-order valence-corrected chi connectivity index (χ1v) is 15.3. The second-order valence-electron chi connectivity index (χ2n) is 12.6. The van der Waals surface area contributed by atoms with E-state index >= 15 is 0 Å². The van der Waals surface area contributed by atoms with Gasteiger partial charge in [-0.2, -0.15) is 0 Å². The lowest BCUT2D eigenvalue weighted by atomic mass is 10.0. The molecular formula is C33H47N3O8S. The highest BCUT2D eigenvalue weighted by Crippen LogP contribution is 2.22. The molecule has 2 N–H and O–H groups in total. The van der Waals surface area contributed by atoms with Gasteiger partial charge in [0.1, 0.15) is 29.6 Å². The molecular weight excluding hydrogens is 598 g/mol. The Labute approximate surface area is 271 Å². The number of ether oxygens (including phenoxy) is 4. The highest BCUT2D eigenvalue weighted by molar-refractivity contribution is 7.80. The molecule has 2 aromatic rings. The van der Waals surface area contributed by atoms with E-state index < -0.39 is 41.3 Å². The molecule has 2 aromatic carbocycles. The van der Waals surface area contributed by atoms with Gasteiger partial charge in [0.2, 0.25) is 0 Å². The van der Waals surface area contributed by atoms with Gasteiger partial charge in [0, 0.05) is 0 Å². The van der Waals surface area contributed by atoms with Gasteiger partial charge in [-0.3, -0.25) is 4.79 Å². The SMILES string of the molecule is COc1ccc2cc(CC/C(C)=N/OCCOC(=O)C[C@H](NC(=S)[C@H](C)NC(=O)OC(C)(C)C)C(=O)OC(C)(C)C)ccc2c1. The summed E-state index contributed by atoms with van der Waals surface area (Å²) in [6.07, 6.45) is 0.476. The Morgan fingerprint density at radius 1 is 0.911 bits per heavy atom. The van der Waals surface area contributed by atoms with Crippen LogP contribution in [-0.2, 0) is 35.1 Å². The predicted molar refractivity (Wildman–Crippen MR) is 178 cm³/mol. The molecule has 0 spiro atoms. The normalized spacial score (nSPS) is 13.3. The highest BCUT2D eigenvalue weighted by atomic mass is 32.1. The maximum absolute atomic E-state index is 12.9. The second-order valence-corrected chi connectivity index (χ2v) is 13.0. The van der Waals surface area contributed by atoms with Crippen LogP contribution in [0.3, 0.4) is 0 Å². The molecule has 0 aliphatic heterocycles. The molecule has 2 atom stereocenters. The molecule has 0 aliphatic carbocycles. The van der Waals surface area contributed by atoms with Gasteiger partial charge in [0.05, 0.1) is 30.3 Å². The highest BCUT2D eigenvalue weighted by Gasteiger charge is 2.30. The van der Waals surface area contributed by atoms with Crippen LogP contribution in [0.4, 0.5) is 4.79 Å². The summed E-state index contributed by atoms with van der Waals surface area (Å²) in [5.41, 5.74) is 0.491. The van der Waals surface area contributed by atoms with Crippen LogP contribution >= 0.6 is 12.2 Å². The average molecular weight is 646 g/mol. The lowest BCUT2D eigenvalue weighted by molar-refractivity contribution is -0.160. The number of aryl methyl sites for hydroxylation is 1. The molecule has 0 saturated carbocycles. The number of nitrogens with zero attached hydrogens (tertiary/aromatic N) is 1. The maximum Gasteiger partial charge on any atom is 0.408 e. The largest absolute Gasteiger partial charge is 0.497 e. The van der Waals surface area contributed by atoms with Crippen molar-refractivity contribution >= 4 is 51.7 Å². The zero-order chi connectivity index (χ0) is 33.8. The molecule has 1 amide bonds. The molecule has 12 heteroatoms. The van der Waals surface area contributed by atoms with E-state index in [2.05, 4.69) is 34.0 Å². The number of esters is 2. The number of carbonyl (C=O) groups is 3. The summed E-state index contributed by atoms with van der Waals surface area (Å²) in [5, 5.41) is 11.8. The molecule has 0 fully saturated rings. The van der Waals surface area contributed by atoms with Crippen LogP contribution in [0, 0.1) is 0 Å². The minimum atomic E-state index is -1.13. The van der Waals surface area contributed by atoms with Gasteiger partial charge in [0.15, 0.2) is 6.61 Å². The van der Waals surface area contributed by atoms with E-state index in [1.54, 1.807) is 55.6 Å². The van der Waals surface area contributed by atoms with Crippen LogP contribution < -0.4 is 15.4 Å². The molecule has 0 unspecified atom stereocenters. The van der Waals surface area contributed by atoms with E-state index in [-0.39, 0.29) is 24.6 Å². The van der Waals surface area contributed by atoms with E-state index in [0.717, 1.165) is 28.7 Å². The summed E-state index contributed by atoms with van der Waals surface area (Å²) < 4.78 is 21.2. The number of benzene rings is 2. The summed E-state index contributed by atoms with van der Waals surface area (Å²) in [4.78, 5) is 43.0. The fraction of sp³-hybridized carbons (Fsp3) is 0.545. The average Bonchev–Trinajstić information content (AvgIpc) is 2.93. The smallest absolute Gasteiger partial charge is 0.408 e. The number of amides is 1. The van der Waals surface area contributed by atoms with Crippen molar-refractivity contribution in [3.05, 3.63) is 42.0 Å². The van der Waals surface area contributed by atoms with Crippen molar-refractivity contribution in [1.82, 2.24) is 10.6 Å². The van der Waals surface area contributed by atoms with Crippen molar-refractivity contribution in [2.45, 2.75) is 97.9 Å². The first kappa shape index (κ1) is 37.3. The number of carbonyl (C=O) groups excluding carboxylic acids is 3. The van der Waals surface area contributed by atoms with Gasteiger partial charge < -0.3 is 34.4 Å². The Morgan fingerprint density at radius 3 is 2.20 bits per heavy atom. The summed E-state index contributed by atoms with van der Waals surface area (Å²) in [7, 11) is 1.65. The number of rotatable bonds is 14. The Hall–Kier alpha value is -3.93. The number of alkyl carbamates (subject to hydrolysis) is 1. The quantitative estimate of drug-likeness (QED) is 0.0663. The first-order valence-electron chi connectivity index (χ1n) is 14.9. The Morgan fingerprint density at radius 2 is 1.56 bits per heavy atom. The molecule has 0 aromatic heterocycles. The number of oxime groups is 1. The fourth-order valence-corrected chi connectivity index (χ4v) is 4.11. The van der Waals surface area contributed by atoms with E-state index in [4.69, 9.17) is 36.0 Å². The summed E-state index contributed by atoms with van der Waals surface area (Å²) >= 11 is 5.37. The molecule has 0 saturated heterocycles. The van der Waals surface area contributed by atoms with Crippen LogP contribution in [0.25, 0.3) is 10.8 Å². The van der Waals surface area contributed by atoms with Crippen molar-refractivity contribution in [2.75, 3.05) is 20.3 Å². The second kappa shape index (κ2) is 17.0. The van der Waals surface area contributed by atoms with Crippen LogP contribution in [0.15, 0.2) is 41.6 Å². The minimum absolute atomic E-state index is 0.0423. The van der Waals surface area contributed by atoms with E-state index in [1.807, 2.05) is 25.1 Å². The number of nitrogens with one attached hydrogen (secondary N) is 2. The third kappa shape index (κ3) is 14.6. The van der Waals surface area contributed by atoms with Gasteiger partial charge in [0.25, 0.3) is 0 Å².